The summed E-state index contributed by atoms with van der Waals surface area (Å²) in [6.45, 7) is 4.39. The summed E-state index contributed by atoms with van der Waals surface area (Å²) in [5.41, 5.74) is 4.28. The van der Waals surface area contributed by atoms with Crippen LogP contribution in [-0.4, -0.2) is 0 Å². The maximum atomic E-state index is 2.24. The molecule has 0 aliphatic carbocycles. The molecule has 0 spiro atoms. The minimum absolute atomic E-state index is 1.07. The minimum Gasteiger partial charge on any atom is -0.148 e. The molecule has 1 aromatic carbocycles. The summed E-state index contributed by atoms with van der Waals surface area (Å²) >= 11 is 1.87. The summed E-state index contributed by atoms with van der Waals surface area (Å²) in [6, 6.07) is 10.6. The van der Waals surface area contributed by atoms with Crippen molar-refractivity contribution in [2.45, 2.75) is 20.3 Å². The van der Waals surface area contributed by atoms with Gasteiger partial charge in [-0.15, -0.1) is 11.3 Å². The minimum atomic E-state index is 1.07. The highest BCUT2D eigenvalue weighted by Crippen LogP contribution is 2.23. The molecule has 0 bridgehead atoms. The SMILES string of the molecule is Cc1csc(Cc2ccccc2)c1C. The van der Waals surface area contributed by atoms with Gasteiger partial charge in [0.25, 0.3) is 0 Å². The van der Waals surface area contributed by atoms with E-state index in [1.807, 2.05) is 11.3 Å². The Morgan fingerprint density at radius 2 is 1.79 bits per heavy atom. The van der Waals surface area contributed by atoms with Crippen LogP contribution in [0, 0.1) is 13.8 Å². The second kappa shape index (κ2) is 3.97. The monoisotopic (exact) mass is 202 g/mol. The van der Waals surface area contributed by atoms with Crippen LogP contribution in [0.2, 0.25) is 0 Å². The van der Waals surface area contributed by atoms with Crippen LogP contribution in [-0.2, 0) is 6.42 Å². The summed E-state index contributed by atoms with van der Waals surface area (Å²) in [5, 5.41) is 2.24. The molecule has 1 aromatic heterocycles. The number of benzene rings is 1. The topological polar surface area (TPSA) is 0 Å². The quantitative estimate of drug-likeness (QED) is 0.691. The van der Waals surface area contributed by atoms with Gasteiger partial charge in [0.2, 0.25) is 0 Å². The molecule has 0 radical (unpaired) electrons. The molecule has 0 saturated carbocycles. The van der Waals surface area contributed by atoms with Crippen molar-refractivity contribution in [2.24, 2.45) is 0 Å². The van der Waals surface area contributed by atoms with E-state index in [1.165, 1.54) is 21.6 Å². The second-order valence-electron chi connectivity index (χ2n) is 3.63. The Labute approximate surface area is 89.2 Å². The van der Waals surface area contributed by atoms with Crippen molar-refractivity contribution in [1.82, 2.24) is 0 Å². The Morgan fingerprint density at radius 1 is 1.07 bits per heavy atom. The van der Waals surface area contributed by atoms with Crippen LogP contribution < -0.4 is 0 Å². The lowest BCUT2D eigenvalue weighted by molar-refractivity contribution is 1.20. The zero-order chi connectivity index (χ0) is 9.97. The van der Waals surface area contributed by atoms with Gasteiger partial charge in [0.05, 0.1) is 0 Å². The average Bonchev–Trinajstić information content (AvgIpc) is 2.52. The molecular weight excluding hydrogens is 188 g/mol. The molecule has 72 valence electrons. The molecule has 0 nitrogen and oxygen atoms in total. The van der Waals surface area contributed by atoms with E-state index >= 15 is 0 Å². The lowest BCUT2D eigenvalue weighted by atomic mass is 10.1. The molecule has 14 heavy (non-hydrogen) atoms. The van der Waals surface area contributed by atoms with Crippen LogP contribution in [0.3, 0.4) is 0 Å². The first-order valence-electron chi connectivity index (χ1n) is 4.85. The fraction of sp³-hybridized carbons (Fsp3) is 0.231. The lowest BCUT2D eigenvalue weighted by Gasteiger charge is -2.00. The van der Waals surface area contributed by atoms with Crippen molar-refractivity contribution >= 4 is 11.3 Å². The maximum Gasteiger partial charge on any atom is 0.0121 e. The first-order chi connectivity index (χ1) is 6.77. The van der Waals surface area contributed by atoms with E-state index in [1.54, 1.807) is 0 Å². The van der Waals surface area contributed by atoms with Gasteiger partial charge >= 0.3 is 0 Å². The number of thiophene rings is 1. The predicted molar refractivity (Wildman–Crippen MR) is 63.0 cm³/mol. The Balaban J connectivity index is 2.23. The third-order valence-electron chi connectivity index (χ3n) is 2.60. The van der Waals surface area contributed by atoms with Crippen LogP contribution in [0.4, 0.5) is 0 Å². The zero-order valence-corrected chi connectivity index (χ0v) is 9.40. The number of hydrogen-bond donors (Lipinski definition) is 0. The number of rotatable bonds is 2. The van der Waals surface area contributed by atoms with Gasteiger partial charge in [0.15, 0.2) is 0 Å². The summed E-state index contributed by atoms with van der Waals surface area (Å²) in [5.74, 6) is 0. The summed E-state index contributed by atoms with van der Waals surface area (Å²) in [4.78, 5) is 1.49. The van der Waals surface area contributed by atoms with Crippen LogP contribution in [0.5, 0.6) is 0 Å². The molecule has 0 amide bonds. The third kappa shape index (κ3) is 1.88. The van der Waals surface area contributed by atoms with Crippen molar-refractivity contribution in [3.8, 4) is 0 Å². The molecule has 0 N–H and O–H groups in total. The summed E-state index contributed by atoms with van der Waals surface area (Å²) in [6.07, 6.45) is 1.07. The maximum absolute atomic E-state index is 2.24. The van der Waals surface area contributed by atoms with Crippen LogP contribution in [0.25, 0.3) is 0 Å². The predicted octanol–water partition coefficient (Wildman–Crippen LogP) is 3.96. The summed E-state index contributed by atoms with van der Waals surface area (Å²) in [7, 11) is 0. The van der Waals surface area contributed by atoms with Gasteiger partial charge in [-0.3, -0.25) is 0 Å². The average molecular weight is 202 g/mol. The standard InChI is InChI=1S/C13H14S/c1-10-9-14-13(11(10)2)8-12-6-4-3-5-7-12/h3-7,9H,8H2,1-2H3. The van der Waals surface area contributed by atoms with Gasteiger partial charge in [-0.1, -0.05) is 30.3 Å². The number of aryl methyl sites for hydroxylation is 1. The van der Waals surface area contributed by atoms with Crippen LogP contribution >= 0.6 is 11.3 Å². The van der Waals surface area contributed by atoms with Gasteiger partial charge in [0, 0.05) is 11.3 Å². The van der Waals surface area contributed by atoms with E-state index in [-0.39, 0.29) is 0 Å². The largest absolute Gasteiger partial charge is 0.148 e. The van der Waals surface area contributed by atoms with Gasteiger partial charge in [-0.05, 0) is 35.9 Å². The van der Waals surface area contributed by atoms with E-state index in [4.69, 9.17) is 0 Å². The van der Waals surface area contributed by atoms with Gasteiger partial charge < -0.3 is 0 Å². The Morgan fingerprint density at radius 3 is 2.36 bits per heavy atom. The highest BCUT2D eigenvalue weighted by atomic mass is 32.1. The fourth-order valence-corrected chi connectivity index (χ4v) is 2.60. The first-order valence-corrected chi connectivity index (χ1v) is 5.73. The van der Waals surface area contributed by atoms with Crippen molar-refractivity contribution in [3.63, 3.8) is 0 Å². The molecule has 0 saturated heterocycles. The second-order valence-corrected chi connectivity index (χ2v) is 4.59. The molecule has 0 aliphatic heterocycles. The molecule has 0 aliphatic rings. The van der Waals surface area contributed by atoms with Gasteiger partial charge in [0.1, 0.15) is 0 Å². The molecule has 1 heterocycles. The van der Waals surface area contributed by atoms with E-state index in [0.29, 0.717) is 0 Å². The molecule has 2 rings (SSSR count). The van der Waals surface area contributed by atoms with Crippen LogP contribution in [0.1, 0.15) is 21.6 Å². The van der Waals surface area contributed by atoms with E-state index in [9.17, 15) is 0 Å². The first kappa shape index (κ1) is 9.47. The zero-order valence-electron chi connectivity index (χ0n) is 8.58. The highest BCUT2D eigenvalue weighted by molar-refractivity contribution is 7.10. The van der Waals surface area contributed by atoms with E-state index in [2.05, 4.69) is 49.6 Å². The fourth-order valence-electron chi connectivity index (χ4n) is 1.51. The highest BCUT2D eigenvalue weighted by Gasteiger charge is 2.04. The third-order valence-corrected chi connectivity index (χ3v) is 3.80. The Hall–Kier alpha value is -1.08. The molecule has 0 unspecified atom stereocenters. The van der Waals surface area contributed by atoms with Crippen LogP contribution in [0.15, 0.2) is 35.7 Å². The number of hydrogen-bond acceptors (Lipinski definition) is 1. The van der Waals surface area contributed by atoms with Crippen molar-refractivity contribution in [3.05, 3.63) is 57.3 Å². The van der Waals surface area contributed by atoms with E-state index < -0.39 is 0 Å². The molecule has 1 heteroatoms. The molecule has 2 aromatic rings. The lowest BCUT2D eigenvalue weighted by Crippen LogP contribution is -1.86. The normalized spacial score (nSPS) is 10.4. The van der Waals surface area contributed by atoms with Gasteiger partial charge in [-0.25, -0.2) is 0 Å². The molecule has 0 atom stereocenters. The van der Waals surface area contributed by atoms with Gasteiger partial charge in [-0.2, -0.15) is 0 Å². The van der Waals surface area contributed by atoms with E-state index in [0.717, 1.165) is 6.42 Å². The van der Waals surface area contributed by atoms with Crippen molar-refractivity contribution < 1.29 is 0 Å². The molecular formula is C13H14S. The van der Waals surface area contributed by atoms with Crippen molar-refractivity contribution in [1.29, 1.82) is 0 Å². The van der Waals surface area contributed by atoms with Crippen molar-refractivity contribution in [2.75, 3.05) is 0 Å². The summed E-state index contributed by atoms with van der Waals surface area (Å²) < 4.78 is 0. The Bertz CT molecular complexity index is 412. The Kier molecular flexibility index (Phi) is 2.69. The smallest absolute Gasteiger partial charge is 0.0121 e. The molecule has 0 fully saturated rings.